The van der Waals surface area contributed by atoms with Crippen molar-refractivity contribution < 1.29 is 14.7 Å². The molecule has 1 amide bonds. The summed E-state index contributed by atoms with van der Waals surface area (Å²) in [6, 6.07) is 7.73. The first-order valence-electron chi connectivity index (χ1n) is 7.21. The van der Waals surface area contributed by atoms with Crippen LogP contribution < -0.4 is 0 Å². The van der Waals surface area contributed by atoms with E-state index >= 15 is 0 Å². The minimum atomic E-state index is -0.944. The molecule has 0 heterocycles. The Balaban J connectivity index is 1.88. The van der Waals surface area contributed by atoms with E-state index < -0.39 is 5.97 Å². The zero-order valence-electron chi connectivity index (χ0n) is 12.1. The van der Waals surface area contributed by atoms with Crippen molar-refractivity contribution in [2.75, 3.05) is 6.54 Å². The highest BCUT2D eigenvalue weighted by Gasteiger charge is 2.34. The highest BCUT2D eigenvalue weighted by atomic mass is 35.5. The number of carbonyl (C=O) groups is 2. The Morgan fingerprint density at radius 3 is 2.48 bits per heavy atom. The molecule has 0 spiro atoms. The number of aliphatic carboxylic acids is 1. The molecular weight excluding hydrogens is 290 g/mol. The second kappa shape index (κ2) is 6.94. The number of hydrogen-bond acceptors (Lipinski definition) is 2. The first-order chi connectivity index (χ1) is 9.95. The van der Waals surface area contributed by atoms with Gasteiger partial charge in [-0.15, -0.1) is 0 Å². The molecule has 1 aliphatic carbocycles. The fourth-order valence-electron chi connectivity index (χ4n) is 2.46. The quantitative estimate of drug-likeness (QED) is 0.842. The lowest BCUT2D eigenvalue weighted by Crippen LogP contribution is -2.38. The molecule has 0 radical (unpaired) electrons. The maximum absolute atomic E-state index is 12.3. The predicted octanol–water partition coefficient (Wildman–Crippen LogP) is 2.98. The molecule has 0 aliphatic heterocycles. The van der Waals surface area contributed by atoms with E-state index in [-0.39, 0.29) is 24.4 Å². The SMILES string of the molecule is CC(CC(=O)N(CC(=O)O)C1CC1)Cc1ccc(Cl)cc1. The van der Waals surface area contributed by atoms with Crippen molar-refractivity contribution >= 4 is 23.5 Å². The van der Waals surface area contributed by atoms with Gasteiger partial charge in [-0.2, -0.15) is 0 Å². The third-order valence-corrected chi connectivity index (χ3v) is 3.89. The van der Waals surface area contributed by atoms with Gasteiger partial charge < -0.3 is 10.0 Å². The van der Waals surface area contributed by atoms with Crippen molar-refractivity contribution in [3.05, 3.63) is 34.9 Å². The molecule has 21 heavy (non-hydrogen) atoms. The molecule has 1 aromatic carbocycles. The van der Waals surface area contributed by atoms with Crippen molar-refractivity contribution in [3.8, 4) is 0 Å². The first kappa shape index (κ1) is 15.8. The minimum Gasteiger partial charge on any atom is -0.480 e. The standard InChI is InChI=1S/C16H20ClNO3/c1-11(8-12-2-4-13(17)5-3-12)9-15(19)18(10-16(20)21)14-6-7-14/h2-5,11,14H,6-10H2,1H3,(H,20,21). The molecule has 1 aromatic rings. The Bertz CT molecular complexity index is 511. The third-order valence-electron chi connectivity index (χ3n) is 3.63. The maximum Gasteiger partial charge on any atom is 0.323 e. The molecule has 0 aromatic heterocycles. The van der Waals surface area contributed by atoms with E-state index in [9.17, 15) is 9.59 Å². The van der Waals surface area contributed by atoms with Crippen molar-refractivity contribution in [3.63, 3.8) is 0 Å². The Labute approximate surface area is 129 Å². The summed E-state index contributed by atoms with van der Waals surface area (Å²) in [6.45, 7) is 1.83. The summed E-state index contributed by atoms with van der Waals surface area (Å²) in [4.78, 5) is 24.6. The molecule has 1 N–H and O–H groups in total. The molecule has 2 rings (SSSR count). The summed E-state index contributed by atoms with van der Waals surface area (Å²) in [7, 11) is 0. The van der Waals surface area contributed by atoms with E-state index in [1.54, 1.807) is 0 Å². The first-order valence-corrected chi connectivity index (χ1v) is 7.59. The Morgan fingerprint density at radius 2 is 1.95 bits per heavy atom. The molecule has 0 saturated heterocycles. The number of carboxylic acids is 1. The van der Waals surface area contributed by atoms with Crippen LogP contribution in [0.4, 0.5) is 0 Å². The van der Waals surface area contributed by atoms with Crippen LogP contribution in [0.1, 0.15) is 31.7 Å². The van der Waals surface area contributed by atoms with Crippen molar-refractivity contribution in [1.82, 2.24) is 4.90 Å². The van der Waals surface area contributed by atoms with Crippen LogP contribution in [0.25, 0.3) is 0 Å². The van der Waals surface area contributed by atoms with Gasteiger partial charge in [0, 0.05) is 17.5 Å². The van der Waals surface area contributed by atoms with Gasteiger partial charge >= 0.3 is 5.97 Å². The predicted molar refractivity (Wildman–Crippen MR) is 81.3 cm³/mol. The lowest BCUT2D eigenvalue weighted by atomic mass is 9.97. The van der Waals surface area contributed by atoms with E-state index in [1.807, 2.05) is 31.2 Å². The number of carboxylic acid groups (broad SMARTS) is 1. The van der Waals surface area contributed by atoms with Crippen LogP contribution in [0.5, 0.6) is 0 Å². The Hall–Kier alpha value is -1.55. The van der Waals surface area contributed by atoms with Crippen molar-refractivity contribution in [1.29, 1.82) is 0 Å². The zero-order chi connectivity index (χ0) is 15.4. The van der Waals surface area contributed by atoms with Gasteiger partial charge in [0.2, 0.25) is 5.91 Å². The van der Waals surface area contributed by atoms with E-state index in [0.717, 1.165) is 24.8 Å². The zero-order valence-corrected chi connectivity index (χ0v) is 12.8. The lowest BCUT2D eigenvalue weighted by molar-refractivity contribution is -0.145. The van der Waals surface area contributed by atoms with Crippen LogP contribution >= 0.6 is 11.6 Å². The number of benzene rings is 1. The summed E-state index contributed by atoms with van der Waals surface area (Å²) in [5.74, 6) is -0.823. The van der Waals surface area contributed by atoms with Gasteiger partial charge in [0.05, 0.1) is 0 Å². The molecular formula is C16H20ClNO3. The number of halogens is 1. The fourth-order valence-corrected chi connectivity index (χ4v) is 2.59. The summed E-state index contributed by atoms with van der Waals surface area (Å²) in [6.07, 6.45) is 3.01. The van der Waals surface area contributed by atoms with Gasteiger partial charge in [-0.05, 0) is 42.9 Å². The Kier molecular flexibility index (Phi) is 5.23. The van der Waals surface area contributed by atoms with Crippen LogP contribution in [-0.2, 0) is 16.0 Å². The van der Waals surface area contributed by atoms with Crippen LogP contribution in [-0.4, -0.2) is 34.5 Å². The molecule has 5 heteroatoms. The van der Waals surface area contributed by atoms with Gasteiger partial charge in [0.1, 0.15) is 6.54 Å². The average molecular weight is 310 g/mol. The van der Waals surface area contributed by atoms with Gasteiger partial charge in [0.15, 0.2) is 0 Å². The topological polar surface area (TPSA) is 57.6 Å². The van der Waals surface area contributed by atoms with Crippen molar-refractivity contribution in [2.45, 2.75) is 38.6 Å². The molecule has 1 aliphatic rings. The summed E-state index contributed by atoms with van der Waals surface area (Å²) >= 11 is 5.85. The number of amides is 1. The van der Waals surface area contributed by atoms with Gasteiger partial charge in [-0.25, -0.2) is 0 Å². The minimum absolute atomic E-state index is 0.0543. The third kappa shape index (κ3) is 5.05. The number of carbonyl (C=O) groups excluding carboxylic acids is 1. The van der Waals surface area contributed by atoms with Gasteiger partial charge in [-0.3, -0.25) is 9.59 Å². The molecule has 0 bridgehead atoms. The van der Waals surface area contributed by atoms with E-state index in [0.29, 0.717) is 11.4 Å². The largest absolute Gasteiger partial charge is 0.480 e. The van der Waals surface area contributed by atoms with E-state index in [2.05, 4.69) is 0 Å². The Morgan fingerprint density at radius 1 is 1.33 bits per heavy atom. The number of rotatable bonds is 7. The van der Waals surface area contributed by atoms with Crippen LogP contribution in [0.3, 0.4) is 0 Å². The highest BCUT2D eigenvalue weighted by Crippen LogP contribution is 2.28. The highest BCUT2D eigenvalue weighted by molar-refractivity contribution is 6.30. The second-order valence-corrected chi connectivity index (χ2v) is 6.22. The second-order valence-electron chi connectivity index (χ2n) is 5.79. The lowest BCUT2D eigenvalue weighted by Gasteiger charge is -2.22. The monoisotopic (exact) mass is 309 g/mol. The van der Waals surface area contributed by atoms with Crippen molar-refractivity contribution in [2.24, 2.45) is 5.92 Å². The van der Waals surface area contributed by atoms with E-state index in [4.69, 9.17) is 16.7 Å². The molecule has 114 valence electrons. The van der Waals surface area contributed by atoms with Gasteiger partial charge in [0.25, 0.3) is 0 Å². The molecule has 4 nitrogen and oxygen atoms in total. The molecule has 1 fully saturated rings. The summed E-state index contributed by atoms with van der Waals surface area (Å²) in [5.41, 5.74) is 1.14. The molecule has 1 unspecified atom stereocenters. The molecule has 1 saturated carbocycles. The smallest absolute Gasteiger partial charge is 0.323 e. The van der Waals surface area contributed by atoms with E-state index in [1.165, 1.54) is 4.90 Å². The normalized spacial score (nSPS) is 15.5. The van der Waals surface area contributed by atoms with Crippen LogP contribution in [0.2, 0.25) is 5.02 Å². The molecule has 1 atom stereocenters. The van der Waals surface area contributed by atoms with Crippen LogP contribution in [0, 0.1) is 5.92 Å². The summed E-state index contributed by atoms with van der Waals surface area (Å²) in [5, 5.41) is 9.60. The van der Waals surface area contributed by atoms with Crippen LogP contribution in [0.15, 0.2) is 24.3 Å². The number of nitrogens with zero attached hydrogens (tertiary/aromatic N) is 1. The average Bonchev–Trinajstić information content (AvgIpc) is 3.22. The summed E-state index contributed by atoms with van der Waals surface area (Å²) < 4.78 is 0. The number of hydrogen-bond donors (Lipinski definition) is 1. The maximum atomic E-state index is 12.3. The van der Waals surface area contributed by atoms with Gasteiger partial charge in [-0.1, -0.05) is 30.7 Å². The fraction of sp³-hybridized carbons (Fsp3) is 0.500.